The summed E-state index contributed by atoms with van der Waals surface area (Å²) >= 11 is 0. The molecule has 2 heteroatoms. The van der Waals surface area contributed by atoms with E-state index in [4.69, 9.17) is 0 Å². The van der Waals surface area contributed by atoms with Gasteiger partial charge in [0.15, 0.2) is 0 Å². The first-order chi connectivity index (χ1) is 6.38. The van der Waals surface area contributed by atoms with Crippen molar-refractivity contribution in [1.29, 1.82) is 0 Å². The summed E-state index contributed by atoms with van der Waals surface area (Å²) in [5, 5.41) is 0. The number of rotatable bonds is 3. The highest BCUT2D eigenvalue weighted by atomic mass is 14.6. The van der Waals surface area contributed by atoms with Crippen molar-refractivity contribution in [3.05, 3.63) is 48.8 Å². The molecule has 0 amide bonds. The molecule has 0 aromatic carbocycles. The lowest BCUT2D eigenvalue weighted by molar-refractivity contribution is 1.31. The second-order valence-corrected chi connectivity index (χ2v) is 2.49. The van der Waals surface area contributed by atoms with Crippen molar-refractivity contribution in [3.8, 4) is 0 Å². The maximum Gasteiger partial charge on any atom is 0.0346 e. The van der Waals surface area contributed by atoms with E-state index in [1.54, 1.807) is 31.7 Å². The van der Waals surface area contributed by atoms with Crippen LogP contribution in [-0.4, -0.2) is 18.2 Å². The molecule has 0 aliphatic carbocycles. The predicted molar refractivity (Wildman–Crippen MR) is 56.8 cm³/mol. The number of allylic oxidation sites excluding steroid dienone is 3. The fourth-order valence-electron chi connectivity index (χ4n) is 1.01. The Kier molecular flexibility index (Phi) is 3.64. The molecule has 0 unspecified atom stereocenters. The molecule has 1 aromatic heterocycles. The first-order valence-corrected chi connectivity index (χ1v) is 4.03. The van der Waals surface area contributed by atoms with Gasteiger partial charge in [0, 0.05) is 36.8 Å². The molecular formula is C11H12N2. The Balaban J connectivity index is 3.03. The summed E-state index contributed by atoms with van der Waals surface area (Å²) in [6.45, 7) is 3.65. The molecule has 0 bridgehead atoms. The highest BCUT2D eigenvalue weighted by Gasteiger charge is 1.95. The molecule has 1 aromatic rings. The van der Waals surface area contributed by atoms with E-state index in [-0.39, 0.29) is 0 Å². The Morgan fingerprint density at radius 1 is 1.62 bits per heavy atom. The lowest BCUT2D eigenvalue weighted by atomic mass is 10.1. The highest BCUT2D eigenvalue weighted by molar-refractivity contribution is 6.09. The van der Waals surface area contributed by atoms with Crippen molar-refractivity contribution in [2.24, 2.45) is 4.99 Å². The summed E-state index contributed by atoms with van der Waals surface area (Å²) < 4.78 is 0. The van der Waals surface area contributed by atoms with Crippen LogP contribution in [0.25, 0.3) is 5.57 Å². The molecule has 1 heterocycles. The number of hydrogen-bond donors (Lipinski definition) is 0. The Hall–Kier alpha value is -1.70. The van der Waals surface area contributed by atoms with Crippen molar-refractivity contribution in [2.45, 2.75) is 0 Å². The van der Waals surface area contributed by atoms with E-state index < -0.39 is 0 Å². The van der Waals surface area contributed by atoms with Crippen LogP contribution in [0.3, 0.4) is 0 Å². The smallest absolute Gasteiger partial charge is 0.0346 e. The van der Waals surface area contributed by atoms with E-state index in [1.807, 2.05) is 18.2 Å². The van der Waals surface area contributed by atoms with E-state index in [1.165, 1.54) is 0 Å². The van der Waals surface area contributed by atoms with E-state index in [0.717, 1.165) is 11.1 Å². The van der Waals surface area contributed by atoms with Gasteiger partial charge in [0.25, 0.3) is 0 Å². The van der Waals surface area contributed by atoms with Crippen LogP contribution < -0.4 is 0 Å². The third kappa shape index (κ3) is 2.67. The maximum absolute atomic E-state index is 4.03. The molecule has 0 saturated carbocycles. The van der Waals surface area contributed by atoms with Gasteiger partial charge in [-0.25, -0.2) is 0 Å². The third-order valence-corrected chi connectivity index (χ3v) is 1.56. The summed E-state index contributed by atoms with van der Waals surface area (Å²) in [7, 11) is 1.74. The van der Waals surface area contributed by atoms with Gasteiger partial charge < -0.3 is 0 Å². The quantitative estimate of drug-likeness (QED) is 0.507. The van der Waals surface area contributed by atoms with Gasteiger partial charge in [-0.3, -0.25) is 9.98 Å². The fourth-order valence-corrected chi connectivity index (χ4v) is 1.01. The van der Waals surface area contributed by atoms with Gasteiger partial charge in [-0.15, -0.1) is 0 Å². The number of hydrogen-bond acceptors (Lipinski definition) is 2. The van der Waals surface area contributed by atoms with E-state index in [9.17, 15) is 0 Å². The molecule has 0 spiro atoms. The minimum Gasteiger partial charge on any atom is -0.296 e. The second-order valence-electron chi connectivity index (χ2n) is 2.49. The largest absolute Gasteiger partial charge is 0.296 e. The molecule has 2 nitrogen and oxygen atoms in total. The first-order valence-electron chi connectivity index (χ1n) is 4.03. The van der Waals surface area contributed by atoms with Crippen molar-refractivity contribution >= 4 is 11.8 Å². The Labute approximate surface area is 78.4 Å². The minimum absolute atomic E-state index is 1.02. The lowest BCUT2D eigenvalue weighted by Crippen LogP contribution is -1.86. The summed E-state index contributed by atoms with van der Waals surface area (Å²) in [6, 6.07) is 3.89. The van der Waals surface area contributed by atoms with Gasteiger partial charge in [-0.2, -0.15) is 0 Å². The Morgan fingerprint density at radius 3 is 3.00 bits per heavy atom. The van der Waals surface area contributed by atoms with Crippen LogP contribution in [0, 0.1) is 0 Å². The third-order valence-electron chi connectivity index (χ3n) is 1.56. The molecule has 0 aliphatic heterocycles. The van der Waals surface area contributed by atoms with Crippen molar-refractivity contribution in [1.82, 2.24) is 4.98 Å². The van der Waals surface area contributed by atoms with E-state index in [2.05, 4.69) is 16.6 Å². The monoisotopic (exact) mass is 172 g/mol. The number of nitrogens with zero attached hydrogens (tertiary/aromatic N) is 2. The number of aliphatic imine (C=N–C) groups is 1. The Morgan fingerprint density at radius 2 is 2.46 bits per heavy atom. The van der Waals surface area contributed by atoms with Crippen LogP contribution in [0.2, 0.25) is 0 Å². The minimum atomic E-state index is 1.02. The molecule has 0 radical (unpaired) electrons. The standard InChI is InChI=1S/C11H12N2/c1-3-5-10(8-12-2)11-6-4-7-13-9-11/h3-9H,1H2,2H3/b10-5+,12-8?. The average molecular weight is 172 g/mol. The molecule has 0 N–H and O–H groups in total. The summed E-state index contributed by atoms with van der Waals surface area (Å²) in [4.78, 5) is 8.00. The lowest BCUT2D eigenvalue weighted by Gasteiger charge is -1.98. The zero-order valence-electron chi connectivity index (χ0n) is 7.64. The highest BCUT2D eigenvalue weighted by Crippen LogP contribution is 2.09. The molecule has 0 saturated heterocycles. The molecular weight excluding hydrogens is 160 g/mol. The van der Waals surface area contributed by atoms with Crippen molar-refractivity contribution in [2.75, 3.05) is 7.05 Å². The SMILES string of the molecule is C=C/C=C(\C=NC)c1cccnc1. The van der Waals surface area contributed by atoms with Crippen molar-refractivity contribution < 1.29 is 0 Å². The zero-order valence-corrected chi connectivity index (χ0v) is 7.64. The number of aromatic nitrogens is 1. The predicted octanol–water partition coefficient (Wildman–Crippen LogP) is 2.35. The van der Waals surface area contributed by atoms with Crippen LogP contribution in [0.4, 0.5) is 0 Å². The van der Waals surface area contributed by atoms with Crippen LogP contribution in [0.1, 0.15) is 5.56 Å². The summed E-state index contributed by atoms with van der Waals surface area (Å²) in [5.41, 5.74) is 2.07. The van der Waals surface area contributed by atoms with Gasteiger partial charge in [0.1, 0.15) is 0 Å². The summed E-state index contributed by atoms with van der Waals surface area (Å²) in [6.07, 6.45) is 8.99. The van der Waals surface area contributed by atoms with Gasteiger partial charge in [0.05, 0.1) is 0 Å². The second kappa shape index (κ2) is 5.04. The normalized spacial score (nSPS) is 11.9. The average Bonchev–Trinajstić information content (AvgIpc) is 2.19. The maximum atomic E-state index is 4.03. The molecule has 0 fully saturated rings. The van der Waals surface area contributed by atoms with Gasteiger partial charge in [-0.05, 0) is 6.07 Å². The van der Waals surface area contributed by atoms with Crippen LogP contribution >= 0.6 is 0 Å². The van der Waals surface area contributed by atoms with Crippen LogP contribution in [0.15, 0.2) is 48.2 Å². The number of pyridine rings is 1. The molecule has 0 atom stereocenters. The van der Waals surface area contributed by atoms with Crippen molar-refractivity contribution in [3.63, 3.8) is 0 Å². The van der Waals surface area contributed by atoms with Gasteiger partial charge in [-0.1, -0.05) is 24.8 Å². The van der Waals surface area contributed by atoms with E-state index >= 15 is 0 Å². The molecule has 1 rings (SSSR count). The first kappa shape index (κ1) is 9.39. The van der Waals surface area contributed by atoms with Crippen LogP contribution in [0.5, 0.6) is 0 Å². The van der Waals surface area contributed by atoms with Crippen LogP contribution in [-0.2, 0) is 0 Å². The zero-order chi connectivity index (χ0) is 9.52. The Bertz CT molecular complexity index is 323. The molecule has 0 aliphatic rings. The molecule has 13 heavy (non-hydrogen) atoms. The van der Waals surface area contributed by atoms with Gasteiger partial charge in [0.2, 0.25) is 0 Å². The van der Waals surface area contributed by atoms with Gasteiger partial charge >= 0.3 is 0 Å². The van der Waals surface area contributed by atoms with E-state index in [0.29, 0.717) is 0 Å². The molecule has 66 valence electrons. The fraction of sp³-hybridized carbons (Fsp3) is 0.0909. The summed E-state index contributed by atoms with van der Waals surface area (Å²) in [5.74, 6) is 0. The topological polar surface area (TPSA) is 25.2 Å².